The summed E-state index contributed by atoms with van der Waals surface area (Å²) in [6.45, 7) is 8.03. The van der Waals surface area contributed by atoms with E-state index >= 15 is 0 Å². The Morgan fingerprint density at radius 1 is 1.00 bits per heavy atom. The highest BCUT2D eigenvalue weighted by molar-refractivity contribution is 5.70. The van der Waals surface area contributed by atoms with Gasteiger partial charge in [-0.1, -0.05) is 37.3 Å². The summed E-state index contributed by atoms with van der Waals surface area (Å²) in [5.41, 5.74) is 3.99. The van der Waals surface area contributed by atoms with E-state index in [-0.39, 0.29) is 11.8 Å². The molecule has 1 atom stereocenters. The zero-order chi connectivity index (χ0) is 22.6. The summed E-state index contributed by atoms with van der Waals surface area (Å²) < 4.78 is 42.0. The Balaban J connectivity index is 2.03. The Morgan fingerprint density at radius 3 is 2.32 bits per heavy atom. The van der Waals surface area contributed by atoms with Gasteiger partial charge < -0.3 is 15.4 Å². The van der Waals surface area contributed by atoms with Crippen LogP contribution in [0.1, 0.15) is 31.4 Å². The molecule has 31 heavy (non-hydrogen) atoms. The monoisotopic (exact) mass is 430 g/mol. The summed E-state index contributed by atoms with van der Waals surface area (Å²) in [6.07, 6.45) is -3.90. The molecule has 0 aliphatic heterocycles. The molecule has 0 unspecified atom stereocenters. The third-order valence-corrected chi connectivity index (χ3v) is 4.81. The Bertz CT molecular complexity index is 1030. The first-order valence-electron chi connectivity index (χ1n) is 9.99. The van der Waals surface area contributed by atoms with E-state index in [1.165, 1.54) is 18.2 Å². The molecule has 1 aromatic heterocycles. The minimum absolute atomic E-state index is 0.128. The first kappa shape index (κ1) is 22.4. The number of aryl methyl sites for hydroxylation is 2. The van der Waals surface area contributed by atoms with Gasteiger partial charge in [-0.15, -0.1) is 13.2 Å². The summed E-state index contributed by atoms with van der Waals surface area (Å²) in [5, 5.41) is 6.57. The maximum atomic E-state index is 12.6. The van der Waals surface area contributed by atoms with Crippen LogP contribution in [0.2, 0.25) is 0 Å². The standard InChI is InChI=1S/C23H25F3N4O/c1-5-16(4)27-22-28-19(17-10-7-11-18(12-17)31-23(24,25)26)13-20(30-22)29-21-14(2)8-6-9-15(21)3/h6-13,16H,5H2,1-4H3,(H2,27,28,29,30)/t16-/m0/s1. The van der Waals surface area contributed by atoms with E-state index in [0.29, 0.717) is 23.0 Å². The molecule has 1 heterocycles. The molecule has 0 saturated carbocycles. The van der Waals surface area contributed by atoms with Crippen molar-refractivity contribution in [3.8, 4) is 17.0 Å². The highest BCUT2D eigenvalue weighted by atomic mass is 19.4. The van der Waals surface area contributed by atoms with E-state index in [4.69, 9.17) is 0 Å². The van der Waals surface area contributed by atoms with Gasteiger partial charge >= 0.3 is 6.36 Å². The van der Waals surface area contributed by atoms with Gasteiger partial charge in [-0.05, 0) is 50.5 Å². The van der Waals surface area contributed by atoms with Gasteiger partial charge in [-0.25, -0.2) is 4.98 Å². The van der Waals surface area contributed by atoms with Crippen LogP contribution in [-0.4, -0.2) is 22.4 Å². The van der Waals surface area contributed by atoms with Crippen molar-refractivity contribution in [2.75, 3.05) is 10.6 Å². The molecule has 3 aromatic rings. The number of nitrogens with one attached hydrogen (secondary N) is 2. The molecule has 0 fully saturated rings. The lowest BCUT2D eigenvalue weighted by Gasteiger charge is -2.17. The number of halogens is 3. The van der Waals surface area contributed by atoms with Crippen molar-refractivity contribution in [2.24, 2.45) is 0 Å². The highest BCUT2D eigenvalue weighted by Gasteiger charge is 2.31. The van der Waals surface area contributed by atoms with E-state index in [0.717, 1.165) is 23.2 Å². The van der Waals surface area contributed by atoms with E-state index < -0.39 is 6.36 Å². The molecular weight excluding hydrogens is 405 g/mol. The molecule has 0 bridgehead atoms. The van der Waals surface area contributed by atoms with E-state index in [1.54, 1.807) is 12.1 Å². The van der Waals surface area contributed by atoms with Crippen LogP contribution in [0, 0.1) is 13.8 Å². The molecule has 2 N–H and O–H groups in total. The summed E-state index contributed by atoms with van der Waals surface area (Å²) >= 11 is 0. The van der Waals surface area contributed by atoms with Gasteiger partial charge in [0.1, 0.15) is 11.6 Å². The van der Waals surface area contributed by atoms with Crippen molar-refractivity contribution in [1.82, 2.24) is 9.97 Å². The molecule has 0 aliphatic carbocycles. The molecule has 0 spiro atoms. The Labute approximate surface area is 179 Å². The maximum absolute atomic E-state index is 12.6. The molecule has 2 aromatic carbocycles. The Kier molecular flexibility index (Phi) is 6.68. The fraction of sp³-hybridized carbons (Fsp3) is 0.304. The smallest absolute Gasteiger partial charge is 0.406 e. The molecule has 0 aliphatic rings. The van der Waals surface area contributed by atoms with Crippen LogP contribution in [0.15, 0.2) is 48.5 Å². The lowest BCUT2D eigenvalue weighted by Crippen LogP contribution is -2.17. The second-order valence-corrected chi connectivity index (χ2v) is 7.38. The highest BCUT2D eigenvalue weighted by Crippen LogP contribution is 2.30. The lowest BCUT2D eigenvalue weighted by atomic mass is 10.1. The zero-order valence-electron chi connectivity index (χ0n) is 17.8. The van der Waals surface area contributed by atoms with Crippen LogP contribution in [0.5, 0.6) is 5.75 Å². The third-order valence-electron chi connectivity index (χ3n) is 4.81. The number of rotatable bonds is 7. The molecule has 3 rings (SSSR count). The number of para-hydroxylation sites is 1. The molecular formula is C23H25F3N4O. The average molecular weight is 430 g/mol. The number of nitrogens with zero attached hydrogens (tertiary/aromatic N) is 2. The van der Waals surface area contributed by atoms with Crippen LogP contribution in [-0.2, 0) is 0 Å². The zero-order valence-corrected chi connectivity index (χ0v) is 17.8. The largest absolute Gasteiger partial charge is 0.573 e. The van der Waals surface area contributed by atoms with Crippen LogP contribution >= 0.6 is 0 Å². The van der Waals surface area contributed by atoms with E-state index in [9.17, 15) is 13.2 Å². The summed E-state index contributed by atoms with van der Waals surface area (Å²) in [4.78, 5) is 9.08. The van der Waals surface area contributed by atoms with Crippen LogP contribution in [0.4, 0.5) is 30.6 Å². The van der Waals surface area contributed by atoms with Crippen molar-refractivity contribution in [3.63, 3.8) is 0 Å². The first-order chi connectivity index (χ1) is 14.6. The summed E-state index contributed by atoms with van der Waals surface area (Å²) in [5.74, 6) is 0.627. The van der Waals surface area contributed by atoms with Crippen LogP contribution in [0.3, 0.4) is 0 Å². The minimum Gasteiger partial charge on any atom is -0.406 e. The van der Waals surface area contributed by atoms with Crippen molar-refractivity contribution < 1.29 is 17.9 Å². The summed E-state index contributed by atoms with van der Waals surface area (Å²) in [7, 11) is 0. The predicted molar refractivity (Wildman–Crippen MR) is 117 cm³/mol. The number of hydrogen-bond acceptors (Lipinski definition) is 5. The Morgan fingerprint density at radius 2 is 1.68 bits per heavy atom. The topological polar surface area (TPSA) is 59.1 Å². The molecule has 164 valence electrons. The molecule has 0 radical (unpaired) electrons. The van der Waals surface area contributed by atoms with Crippen LogP contribution in [0.25, 0.3) is 11.3 Å². The predicted octanol–water partition coefficient (Wildman–Crippen LogP) is 6.61. The van der Waals surface area contributed by atoms with Gasteiger partial charge in [0.05, 0.1) is 5.69 Å². The molecule has 8 heteroatoms. The fourth-order valence-electron chi connectivity index (χ4n) is 3.04. The number of aromatic nitrogens is 2. The second-order valence-electron chi connectivity index (χ2n) is 7.38. The minimum atomic E-state index is -4.76. The maximum Gasteiger partial charge on any atom is 0.573 e. The van der Waals surface area contributed by atoms with Crippen molar-refractivity contribution in [1.29, 1.82) is 0 Å². The molecule has 0 saturated heterocycles. The van der Waals surface area contributed by atoms with Gasteiger partial charge in [0, 0.05) is 23.4 Å². The second kappa shape index (κ2) is 9.24. The normalized spacial score (nSPS) is 12.4. The van der Waals surface area contributed by atoms with Crippen molar-refractivity contribution >= 4 is 17.5 Å². The molecule has 0 amide bonds. The van der Waals surface area contributed by atoms with Crippen molar-refractivity contribution in [3.05, 3.63) is 59.7 Å². The number of benzene rings is 2. The third kappa shape index (κ3) is 6.10. The van der Waals surface area contributed by atoms with Gasteiger partial charge in [0.15, 0.2) is 0 Å². The number of hydrogen-bond donors (Lipinski definition) is 2. The van der Waals surface area contributed by atoms with Gasteiger partial charge in [-0.2, -0.15) is 4.98 Å². The number of alkyl halides is 3. The van der Waals surface area contributed by atoms with Crippen molar-refractivity contribution in [2.45, 2.75) is 46.5 Å². The Hall–Kier alpha value is -3.29. The van der Waals surface area contributed by atoms with E-state index in [1.807, 2.05) is 45.9 Å². The van der Waals surface area contributed by atoms with Gasteiger partial charge in [0.25, 0.3) is 0 Å². The fourth-order valence-corrected chi connectivity index (χ4v) is 3.04. The number of ether oxygens (including phenoxy) is 1. The first-order valence-corrected chi connectivity index (χ1v) is 9.99. The lowest BCUT2D eigenvalue weighted by molar-refractivity contribution is -0.274. The van der Waals surface area contributed by atoms with Gasteiger partial charge in [0.2, 0.25) is 5.95 Å². The van der Waals surface area contributed by atoms with E-state index in [2.05, 4.69) is 25.3 Å². The number of anilines is 3. The van der Waals surface area contributed by atoms with Gasteiger partial charge in [-0.3, -0.25) is 0 Å². The van der Waals surface area contributed by atoms with Crippen LogP contribution < -0.4 is 15.4 Å². The SMILES string of the molecule is CC[C@H](C)Nc1nc(Nc2c(C)cccc2C)cc(-c2cccc(OC(F)(F)F)c2)n1. The molecule has 5 nitrogen and oxygen atoms in total. The summed E-state index contributed by atoms with van der Waals surface area (Å²) in [6, 6.07) is 13.5. The average Bonchev–Trinajstić information content (AvgIpc) is 2.69. The quantitative estimate of drug-likeness (QED) is 0.441.